The second-order valence-corrected chi connectivity index (χ2v) is 4.87. The molecule has 2 N–H and O–H groups in total. The average molecular weight is 270 g/mol. The summed E-state index contributed by atoms with van der Waals surface area (Å²) in [6.45, 7) is 4.43. The molecule has 0 bridgehead atoms. The van der Waals surface area contributed by atoms with Crippen LogP contribution in [0.1, 0.15) is 23.6 Å². The monoisotopic (exact) mass is 270 g/mol. The molecule has 0 aliphatic heterocycles. The van der Waals surface area contributed by atoms with Crippen LogP contribution >= 0.6 is 0 Å². The fraction of sp³-hybridized carbons (Fsp3) is 0.250. The van der Waals surface area contributed by atoms with E-state index in [1.54, 1.807) is 12.1 Å². The van der Waals surface area contributed by atoms with E-state index in [9.17, 15) is 10.0 Å². The molecule has 0 radical (unpaired) electrons. The highest BCUT2D eigenvalue weighted by Crippen LogP contribution is 2.13. The molecule has 0 aromatic heterocycles. The zero-order chi connectivity index (χ0) is 14.5. The maximum Gasteiger partial charge on any atom is 0.492 e. The number of ether oxygens (including phenoxy) is 1. The molecular formula is C16H19BO3. The van der Waals surface area contributed by atoms with Gasteiger partial charge in [0.25, 0.3) is 0 Å². The summed E-state index contributed by atoms with van der Waals surface area (Å²) in [5, 5.41) is 18.7. The van der Waals surface area contributed by atoms with Crippen LogP contribution in [0.5, 0.6) is 5.75 Å². The molecule has 4 heteroatoms. The molecule has 0 aliphatic rings. The van der Waals surface area contributed by atoms with E-state index >= 15 is 0 Å². The Hall–Kier alpha value is -1.78. The second-order valence-electron chi connectivity index (χ2n) is 4.87. The van der Waals surface area contributed by atoms with Gasteiger partial charge in [-0.1, -0.05) is 48.9 Å². The summed E-state index contributed by atoms with van der Waals surface area (Å²) in [5.41, 5.74) is 3.71. The molecule has 0 amide bonds. The zero-order valence-electron chi connectivity index (χ0n) is 11.8. The molecule has 0 saturated heterocycles. The summed E-state index contributed by atoms with van der Waals surface area (Å²) in [7, 11) is -1.52. The maximum atomic E-state index is 9.37. The van der Waals surface area contributed by atoms with E-state index in [4.69, 9.17) is 4.74 Å². The predicted octanol–water partition coefficient (Wildman–Crippen LogP) is 1.82. The van der Waals surface area contributed by atoms with E-state index in [1.807, 2.05) is 25.1 Å². The highest BCUT2D eigenvalue weighted by molar-refractivity contribution is 6.59. The normalized spacial score (nSPS) is 10.4. The molecule has 0 spiro atoms. The van der Waals surface area contributed by atoms with Crippen molar-refractivity contribution < 1.29 is 14.8 Å². The quantitative estimate of drug-likeness (QED) is 0.815. The Labute approximate surface area is 120 Å². The molecule has 0 fully saturated rings. The molecule has 20 heavy (non-hydrogen) atoms. The molecule has 2 aromatic rings. The summed E-state index contributed by atoms with van der Waals surface area (Å²) < 4.78 is 5.69. The van der Waals surface area contributed by atoms with Gasteiger partial charge in [0.05, 0.1) is 0 Å². The summed E-state index contributed by atoms with van der Waals surface area (Å²) in [6.07, 6.45) is 1.01. The molecule has 104 valence electrons. The Morgan fingerprint density at radius 2 is 1.65 bits per heavy atom. The third-order valence-electron chi connectivity index (χ3n) is 3.27. The van der Waals surface area contributed by atoms with Crippen molar-refractivity contribution in [1.29, 1.82) is 0 Å². The van der Waals surface area contributed by atoms with E-state index in [0.29, 0.717) is 17.8 Å². The van der Waals surface area contributed by atoms with Crippen LogP contribution in [0.15, 0.2) is 42.5 Å². The van der Waals surface area contributed by atoms with E-state index < -0.39 is 7.12 Å². The summed E-state index contributed by atoms with van der Waals surface area (Å²) in [4.78, 5) is 0. The minimum absolute atomic E-state index is 0.398. The number of rotatable bonds is 5. The molecule has 2 aromatic carbocycles. The highest BCUT2D eigenvalue weighted by Gasteiger charge is 2.17. The Kier molecular flexibility index (Phi) is 4.82. The van der Waals surface area contributed by atoms with E-state index in [-0.39, 0.29) is 0 Å². The number of aryl methyl sites for hydroxylation is 2. The lowest BCUT2D eigenvalue weighted by Gasteiger charge is -2.12. The van der Waals surface area contributed by atoms with E-state index in [2.05, 4.69) is 19.1 Å². The fourth-order valence-electron chi connectivity index (χ4n) is 2.03. The van der Waals surface area contributed by atoms with Gasteiger partial charge >= 0.3 is 7.12 Å². The van der Waals surface area contributed by atoms with Crippen molar-refractivity contribution in [1.82, 2.24) is 0 Å². The van der Waals surface area contributed by atoms with Crippen molar-refractivity contribution in [2.75, 3.05) is 0 Å². The molecule has 0 aliphatic carbocycles. The molecule has 0 saturated carbocycles. The van der Waals surface area contributed by atoms with Crippen molar-refractivity contribution in [3.63, 3.8) is 0 Å². The minimum atomic E-state index is -1.52. The second kappa shape index (κ2) is 6.59. The predicted molar refractivity (Wildman–Crippen MR) is 81.2 cm³/mol. The van der Waals surface area contributed by atoms with Crippen LogP contribution in [-0.4, -0.2) is 17.2 Å². The van der Waals surface area contributed by atoms with Gasteiger partial charge in [-0.05, 0) is 30.5 Å². The Morgan fingerprint density at radius 3 is 2.25 bits per heavy atom. The van der Waals surface area contributed by atoms with Crippen LogP contribution in [0.2, 0.25) is 0 Å². The lowest BCUT2D eigenvalue weighted by molar-refractivity contribution is 0.306. The molecule has 0 atom stereocenters. The molecule has 2 rings (SSSR count). The molecule has 3 nitrogen and oxygen atoms in total. The van der Waals surface area contributed by atoms with Gasteiger partial charge in [0.2, 0.25) is 0 Å². The van der Waals surface area contributed by atoms with Crippen molar-refractivity contribution in [3.8, 4) is 5.75 Å². The Morgan fingerprint density at radius 1 is 1.00 bits per heavy atom. The van der Waals surface area contributed by atoms with Gasteiger partial charge in [0, 0.05) is 5.46 Å². The summed E-state index contributed by atoms with van der Waals surface area (Å²) >= 11 is 0. The van der Waals surface area contributed by atoms with Gasteiger partial charge < -0.3 is 14.8 Å². The van der Waals surface area contributed by atoms with Crippen molar-refractivity contribution in [3.05, 3.63) is 59.2 Å². The van der Waals surface area contributed by atoms with Crippen molar-refractivity contribution in [2.24, 2.45) is 0 Å². The average Bonchev–Trinajstić information content (AvgIpc) is 2.46. The third kappa shape index (κ3) is 3.62. The van der Waals surface area contributed by atoms with E-state index in [1.165, 1.54) is 5.56 Å². The summed E-state index contributed by atoms with van der Waals surface area (Å²) in [5.74, 6) is 0.505. The van der Waals surface area contributed by atoms with Crippen LogP contribution in [0.3, 0.4) is 0 Å². The highest BCUT2D eigenvalue weighted by atomic mass is 16.5. The van der Waals surface area contributed by atoms with Gasteiger partial charge in [-0.2, -0.15) is 0 Å². The first kappa shape index (κ1) is 14.6. The first-order chi connectivity index (χ1) is 9.60. The molecule has 0 unspecified atom stereocenters. The maximum absolute atomic E-state index is 9.37. The number of hydrogen-bond donors (Lipinski definition) is 2. The van der Waals surface area contributed by atoms with Gasteiger partial charge in [-0.25, -0.2) is 0 Å². The lowest BCUT2D eigenvalue weighted by atomic mass is 9.79. The fourth-order valence-corrected chi connectivity index (χ4v) is 2.03. The lowest BCUT2D eigenvalue weighted by Crippen LogP contribution is -2.31. The third-order valence-corrected chi connectivity index (χ3v) is 3.27. The Bertz CT molecular complexity index is 564. The SMILES string of the molecule is CCc1ccc(COc2ccc(C)cc2B(O)O)cc1. The van der Waals surface area contributed by atoms with Gasteiger partial charge in [-0.15, -0.1) is 0 Å². The van der Waals surface area contributed by atoms with Gasteiger partial charge in [0.1, 0.15) is 12.4 Å². The van der Waals surface area contributed by atoms with Crippen molar-refractivity contribution in [2.45, 2.75) is 26.9 Å². The zero-order valence-corrected chi connectivity index (χ0v) is 11.8. The topological polar surface area (TPSA) is 49.7 Å². The van der Waals surface area contributed by atoms with Crippen LogP contribution in [0.25, 0.3) is 0 Å². The molecule has 0 heterocycles. The van der Waals surface area contributed by atoms with Crippen LogP contribution < -0.4 is 10.2 Å². The summed E-state index contributed by atoms with van der Waals surface area (Å²) in [6, 6.07) is 13.6. The molecular weight excluding hydrogens is 251 g/mol. The number of hydrogen-bond acceptors (Lipinski definition) is 3. The van der Waals surface area contributed by atoms with E-state index in [0.717, 1.165) is 17.5 Å². The first-order valence-corrected chi connectivity index (χ1v) is 6.77. The first-order valence-electron chi connectivity index (χ1n) is 6.77. The van der Waals surface area contributed by atoms with Crippen LogP contribution in [-0.2, 0) is 13.0 Å². The van der Waals surface area contributed by atoms with Crippen LogP contribution in [0, 0.1) is 6.92 Å². The Balaban J connectivity index is 2.10. The van der Waals surface area contributed by atoms with Gasteiger partial charge in [0.15, 0.2) is 0 Å². The van der Waals surface area contributed by atoms with Gasteiger partial charge in [-0.3, -0.25) is 0 Å². The number of benzene rings is 2. The van der Waals surface area contributed by atoms with Crippen LogP contribution in [0.4, 0.5) is 0 Å². The smallest absolute Gasteiger partial charge is 0.489 e. The van der Waals surface area contributed by atoms with Crippen molar-refractivity contribution >= 4 is 12.6 Å². The standard InChI is InChI=1S/C16H19BO3/c1-3-13-5-7-14(8-6-13)11-20-16-9-4-12(2)10-15(16)17(18)19/h4-10,18-19H,3,11H2,1-2H3. The largest absolute Gasteiger partial charge is 0.492 e. The minimum Gasteiger partial charge on any atom is -0.489 e.